The summed E-state index contributed by atoms with van der Waals surface area (Å²) in [6.07, 6.45) is 37.4. The summed E-state index contributed by atoms with van der Waals surface area (Å²) >= 11 is 0. The number of unbranched alkanes of at least 4 members (excludes halogenated alkanes) is 2. The molecular formula is C50H90N2O2. The fourth-order valence-corrected chi connectivity index (χ4v) is 14.5. The van der Waals surface area contributed by atoms with Crippen LogP contribution in [0, 0.1) is 47.3 Å². The van der Waals surface area contributed by atoms with Crippen molar-refractivity contribution in [1.82, 2.24) is 9.80 Å². The highest BCUT2D eigenvalue weighted by Gasteiger charge is 2.58. The molecule has 7 fully saturated rings. The number of hydrogen-bond donors (Lipinski definition) is 0. The number of nitrogens with zero attached hydrogens (tertiary/aromatic N) is 2. The summed E-state index contributed by atoms with van der Waals surface area (Å²) in [5.74, 6) is 7.21. The summed E-state index contributed by atoms with van der Waals surface area (Å²) in [5.41, 5.74) is 0. The zero-order chi connectivity index (χ0) is 37.6. The predicted octanol–water partition coefficient (Wildman–Crippen LogP) is 12.9. The second kappa shape index (κ2) is 20.2. The van der Waals surface area contributed by atoms with Gasteiger partial charge >= 0.3 is 0 Å². The van der Waals surface area contributed by atoms with E-state index < -0.39 is 0 Å². The van der Waals surface area contributed by atoms with Crippen LogP contribution in [0.3, 0.4) is 0 Å². The van der Waals surface area contributed by atoms with Crippen LogP contribution in [0.25, 0.3) is 0 Å². The van der Waals surface area contributed by atoms with Gasteiger partial charge in [0, 0.05) is 49.5 Å². The molecule has 7 saturated carbocycles. The standard InChI is InChI=1S/C50H90N2O2/c1-7-9-31-53-43-25-21-41(22-26-43)51(39-17-11-35(3)12-18-39)49-45-29-15-38(6)34-48(45)50(46-30-16-37(5)33-47(46)49)52(40-19-13-36(4)14-20-40)42-23-27-44(28-24-42)54-32-10-8-2/h35-50H,7-34H2,1-6H3. The molecule has 0 N–H and O–H groups in total. The van der Waals surface area contributed by atoms with Crippen LogP contribution < -0.4 is 0 Å². The Balaban J connectivity index is 1.21. The Morgan fingerprint density at radius 3 is 1.02 bits per heavy atom. The van der Waals surface area contributed by atoms with E-state index in [-0.39, 0.29) is 0 Å². The third-order valence-electron chi connectivity index (χ3n) is 17.5. The third-order valence-corrected chi connectivity index (χ3v) is 17.5. The molecule has 0 saturated heterocycles. The number of fused-ring (bicyclic) bond motifs is 2. The molecule has 0 spiro atoms. The Labute approximate surface area is 335 Å². The minimum absolute atomic E-state index is 0.515. The normalized spacial score (nSPS) is 44.9. The number of ether oxygens (including phenoxy) is 2. The van der Waals surface area contributed by atoms with Gasteiger partial charge in [0.2, 0.25) is 0 Å². The van der Waals surface area contributed by atoms with Crippen molar-refractivity contribution in [2.24, 2.45) is 47.3 Å². The van der Waals surface area contributed by atoms with Gasteiger partial charge in [-0.2, -0.15) is 0 Å². The highest BCUT2D eigenvalue weighted by Crippen LogP contribution is 2.58. The maximum atomic E-state index is 6.52. The van der Waals surface area contributed by atoms with Crippen molar-refractivity contribution < 1.29 is 9.47 Å². The van der Waals surface area contributed by atoms with Gasteiger partial charge in [-0.05, 0) is 189 Å². The molecule has 8 unspecified atom stereocenters. The molecule has 312 valence electrons. The van der Waals surface area contributed by atoms with Gasteiger partial charge in [-0.3, -0.25) is 9.80 Å². The molecule has 0 aliphatic heterocycles. The topological polar surface area (TPSA) is 24.9 Å². The van der Waals surface area contributed by atoms with E-state index in [2.05, 4.69) is 51.3 Å². The lowest BCUT2D eigenvalue weighted by Crippen LogP contribution is -2.69. The average molecular weight is 751 g/mol. The quantitative estimate of drug-likeness (QED) is 0.165. The lowest BCUT2D eigenvalue weighted by Gasteiger charge is -2.65. The molecule has 7 rings (SSSR count). The van der Waals surface area contributed by atoms with Crippen LogP contribution in [0.4, 0.5) is 0 Å². The van der Waals surface area contributed by atoms with Crippen molar-refractivity contribution in [2.75, 3.05) is 13.2 Å². The van der Waals surface area contributed by atoms with Gasteiger partial charge in [0.15, 0.2) is 0 Å². The van der Waals surface area contributed by atoms with Crippen molar-refractivity contribution in [2.45, 2.75) is 257 Å². The Kier molecular flexibility index (Phi) is 15.7. The minimum atomic E-state index is 0.515. The summed E-state index contributed by atoms with van der Waals surface area (Å²) in [5, 5.41) is 0. The lowest BCUT2D eigenvalue weighted by molar-refractivity contribution is -0.159. The molecule has 0 radical (unpaired) electrons. The first kappa shape index (κ1) is 42.0. The Bertz CT molecular complexity index is 982. The third kappa shape index (κ3) is 9.99. The van der Waals surface area contributed by atoms with E-state index in [0.717, 1.165) is 96.8 Å². The van der Waals surface area contributed by atoms with Gasteiger partial charge in [-0.1, -0.05) is 67.2 Å². The van der Waals surface area contributed by atoms with Crippen molar-refractivity contribution in [1.29, 1.82) is 0 Å². The van der Waals surface area contributed by atoms with Gasteiger partial charge in [-0.25, -0.2) is 0 Å². The number of hydrogen-bond acceptors (Lipinski definition) is 4. The van der Waals surface area contributed by atoms with E-state index in [0.29, 0.717) is 12.2 Å². The molecule has 4 nitrogen and oxygen atoms in total. The minimum Gasteiger partial charge on any atom is -0.378 e. The molecule has 0 aromatic heterocycles. The second-order valence-electron chi connectivity index (χ2n) is 21.5. The maximum Gasteiger partial charge on any atom is 0.0576 e. The van der Waals surface area contributed by atoms with E-state index in [4.69, 9.17) is 9.47 Å². The van der Waals surface area contributed by atoms with Gasteiger partial charge in [-0.15, -0.1) is 0 Å². The average Bonchev–Trinajstić information content (AvgIpc) is 3.18. The Hall–Kier alpha value is -0.160. The van der Waals surface area contributed by atoms with E-state index >= 15 is 0 Å². The molecule has 0 aromatic carbocycles. The largest absolute Gasteiger partial charge is 0.378 e. The van der Waals surface area contributed by atoms with Crippen LogP contribution >= 0.6 is 0 Å². The van der Waals surface area contributed by atoms with Gasteiger partial charge < -0.3 is 9.47 Å². The van der Waals surface area contributed by atoms with Crippen LogP contribution in [-0.2, 0) is 9.47 Å². The molecule has 0 aromatic rings. The number of rotatable bonds is 14. The van der Waals surface area contributed by atoms with E-state index in [9.17, 15) is 0 Å². The molecular weight excluding hydrogens is 661 g/mol. The van der Waals surface area contributed by atoms with Crippen molar-refractivity contribution in [3.63, 3.8) is 0 Å². The second-order valence-corrected chi connectivity index (χ2v) is 21.5. The van der Waals surface area contributed by atoms with Gasteiger partial charge in [0.1, 0.15) is 0 Å². The van der Waals surface area contributed by atoms with Crippen LogP contribution in [0.15, 0.2) is 0 Å². The first-order valence-corrected chi connectivity index (χ1v) is 25.1. The first-order chi connectivity index (χ1) is 26.3. The Morgan fingerprint density at radius 1 is 0.370 bits per heavy atom. The van der Waals surface area contributed by atoms with Crippen molar-refractivity contribution >= 4 is 0 Å². The van der Waals surface area contributed by atoms with E-state index in [1.807, 2.05) is 0 Å². The molecule has 4 heteroatoms. The van der Waals surface area contributed by atoms with Crippen molar-refractivity contribution in [3.8, 4) is 0 Å². The SMILES string of the molecule is CCCCOC1CCC(N(C2CCC(C)CC2)C2C3CCC(C)CC3C(N(C3CCC(C)CC3)C3CCC(OCCCC)CC3)C3CCC(C)CC32)CC1. The van der Waals surface area contributed by atoms with Crippen LogP contribution in [-0.4, -0.2) is 71.5 Å². The fraction of sp³-hybridized carbons (Fsp3) is 1.00. The van der Waals surface area contributed by atoms with E-state index in [1.165, 1.54) is 167 Å². The fourth-order valence-electron chi connectivity index (χ4n) is 14.5. The summed E-state index contributed by atoms with van der Waals surface area (Å²) in [7, 11) is 0. The highest BCUT2D eigenvalue weighted by molar-refractivity contribution is 5.11. The summed E-state index contributed by atoms with van der Waals surface area (Å²) in [4.78, 5) is 6.83. The molecule has 7 aliphatic carbocycles. The molecule has 0 amide bonds. The molecule has 7 aliphatic rings. The Morgan fingerprint density at radius 2 is 0.685 bits per heavy atom. The first-order valence-electron chi connectivity index (χ1n) is 25.1. The van der Waals surface area contributed by atoms with Crippen LogP contribution in [0.1, 0.15) is 208 Å². The summed E-state index contributed by atoms with van der Waals surface area (Å²) in [6.45, 7) is 17.0. The smallest absolute Gasteiger partial charge is 0.0576 e. The van der Waals surface area contributed by atoms with Crippen molar-refractivity contribution in [3.05, 3.63) is 0 Å². The van der Waals surface area contributed by atoms with Gasteiger partial charge in [0.25, 0.3) is 0 Å². The highest BCUT2D eigenvalue weighted by atomic mass is 16.5. The molecule has 0 heterocycles. The zero-order valence-electron chi connectivity index (χ0n) is 36.7. The maximum absolute atomic E-state index is 6.52. The monoisotopic (exact) mass is 751 g/mol. The zero-order valence-corrected chi connectivity index (χ0v) is 36.7. The molecule has 8 atom stereocenters. The van der Waals surface area contributed by atoms with E-state index in [1.54, 1.807) is 0 Å². The molecule has 0 bridgehead atoms. The van der Waals surface area contributed by atoms with Gasteiger partial charge in [0.05, 0.1) is 12.2 Å². The lowest BCUT2D eigenvalue weighted by atomic mass is 9.51. The predicted molar refractivity (Wildman–Crippen MR) is 228 cm³/mol. The summed E-state index contributed by atoms with van der Waals surface area (Å²) in [6, 6.07) is 4.86. The van der Waals surface area contributed by atoms with Crippen LogP contribution in [0.5, 0.6) is 0 Å². The molecule has 54 heavy (non-hydrogen) atoms. The van der Waals surface area contributed by atoms with Crippen LogP contribution in [0.2, 0.25) is 0 Å². The summed E-state index contributed by atoms with van der Waals surface area (Å²) < 4.78 is 13.0.